The van der Waals surface area contributed by atoms with E-state index in [0.717, 1.165) is 38.5 Å². The minimum atomic E-state index is -1.30. The van der Waals surface area contributed by atoms with Crippen LogP contribution in [0.5, 0.6) is 0 Å². The zero-order valence-electron chi connectivity index (χ0n) is 14.6. The third kappa shape index (κ3) is 11.6. The number of aliphatic carboxylic acids is 1. The molecule has 7 nitrogen and oxygen atoms in total. The number of ether oxygens (including phenoxy) is 1. The van der Waals surface area contributed by atoms with E-state index in [-0.39, 0.29) is 6.54 Å². The maximum atomic E-state index is 12.1. The number of carboxylic acid groups (broad SMARTS) is 1. The van der Waals surface area contributed by atoms with E-state index in [2.05, 4.69) is 11.7 Å². The first-order valence-corrected chi connectivity index (χ1v) is 8.50. The fourth-order valence-electron chi connectivity index (χ4n) is 2.10. The zero-order chi connectivity index (χ0) is 18.4. The number of carbonyl (C=O) groups excluding carboxylic acids is 2. The van der Waals surface area contributed by atoms with Crippen LogP contribution in [0.15, 0.2) is 12.2 Å². The van der Waals surface area contributed by atoms with Crippen LogP contribution in [0.3, 0.4) is 0 Å². The Kier molecular flexibility index (Phi) is 12.5. The van der Waals surface area contributed by atoms with Gasteiger partial charge in [-0.1, -0.05) is 46.0 Å². The van der Waals surface area contributed by atoms with E-state index in [1.165, 1.54) is 4.90 Å². The average Bonchev–Trinajstić information content (AvgIpc) is 2.53. The molecule has 24 heavy (non-hydrogen) atoms. The van der Waals surface area contributed by atoms with Crippen molar-refractivity contribution >= 4 is 18.0 Å². The number of amides is 1. The molecule has 0 aliphatic heterocycles. The molecule has 0 aliphatic rings. The molecule has 0 aliphatic carbocycles. The number of aliphatic hydroxyl groups is 1. The second-order valence-corrected chi connectivity index (χ2v) is 5.66. The summed E-state index contributed by atoms with van der Waals surface area (Å²) in [5.74, 6) is -2.34. The number of hydrogen-bond donors (Lipinski definition) is 2. The third-order valence-corrected chi connectivity index (χ3v) is 3.41. The molecule has 0 saturated heterocycles. The van der Waals surface area contributed by atoms with Crippen LogP contribution in [0.1, 0.15) is 58.8 Å². The predicted molar refractivity (Wildman–Crippen MR) is 89.5 cm³/mol. The van der Waals surface area contributed by atoms with Gasteiger partial charge < -0.3 is 19.8 Å². The maximum absolute atomic E-state index is 12.1. The topological polar surface area (TPSA) is 104 Å². The molecule has 0 aromatic carbocycles. The van der Waals surface area contributed by atoms with Crippen LogP contribution in [0.25, 0.3) is 0 Å². The van der Waals surface area contributed by atoms with Gasteiger partial charge >= 0.3 is 18.0 Å². The minimum Gasteiger partial charge on any atom is -0.478 e. The van der Waals surface area contributed by atoms with Gasteiger partial charge in [-0.25, -0.2) is 14.4 Å². The Bertz CT molecular complexity index is 421. The molecule has 0 saturated carbocycles. The van der Waals surface area contributed by atoms with Crippen LogP contribution >= 0.6 is 0 Å². The molecule has 2 N–H and O–H groups in total. The summed E-state index contributed by atoms with van der Waals surface area (Å²) < 4.78 is 4.61. The Labute approximate surface area is 143 Å². The van der Waals surface area contributed by atoms with E-state index in [4.69, 9.17) is 5.11 Å². The first-order valence-electron chi connectivity index (χ1n) is 8.50. The fourth-order valence-corrected chi connectivity index (χ4v) is 2.10. The van der Waals surface area contributed by atoms with Gasteiger partial charge in [0.25, 0.3) is 0 Å². The second-order valence-electron chi connectivity index (χ2n) is 5.66. The Hall–Kier alpha value is -1.89. The summed E-state index contributed by atoms with van der Waals surface area (Å²) in [5, 5.41) is 18.4. The van der Waals surface area contributed by atoms with Gasteiger partial charge in [0.15, 0.2) is 0 Å². The van der Waals surface area contributed by atoms with Gasteiger partial charge in [-0.05, 0) is 12.8 Å². The Morgan fingerprint density at radius 1 is 1.04 bits per heavy atom. The number of rotatable bonds is 12. The minimum absolute atomic E-state index is 0.0981. The molecule has 0 fully saturated rings. The summed E-state index contributed by atoms with van der Waals surface area (Å²) in [6.07, 6.45) is 5.92. The van der Waals surface area contributed by atoms with Gasteiger partial charge in [0.2, 0.25) is 0 Å². The van der Waals surface area contributed by atoms with Crippen molar-refractivity contribution in [3.05, 3.63) is 12.2 Å². The molecule has 1 unspecified atom stereocenters. The summed E-state index contributed by atoms with van der Waals surface area (Å²) in [7, 11) is 0. The lowest BCUT2D eigenvalue weighted by Crippen LogP contribution is -2.39. The summed E-state index contributed by atoms with van der Waals surface area (Å²) in [5.41, 5.74) is 0. The van der Waals surface area contributed by atoms with E-state index < -0.39 is 24.1 Å². The van der Waals surface area contributed by atoms with Gasteiger partial charge in [-0.15, -0.1) is 0 Å². The number of hydrogen-bond acceptors (Lipinski definition) is 5. The normalized spacial score (nSPS) is 12.1. The van der Waals surface area contributed by atoms with Crippen molar-refractivity contribution in [3.8, 4) is 0 Å². The number of carbonyl (C=O) groups is 3. The van der Waals surface area contributed by atoms with E-state index in [1.807, 2.05) is 6.92 Å². The van der Waals surface area contributed by atoms with E-state index >= 15 is 0 Å². The molecular weight excluding hydrogens is 314 g/mol. The van der Waals surface area contributed by atoms with Crippen LogP contribution in [0, 0.1) is 0 Å². The first-order chi connectivity index (χ1) is 11.4. The highest BCUT2D eigenvalue weighted by atomic mass is 16.6. The van der Waals surface area contributed by atoms with Crippen molar-refractivity contribution in [3.63, 3.8) is 0 Å². The third-order valence-electron chi connectivity index (χ3n) is 3.41. The number of aliphatic hydroxyl groups excluding tert-OH is 1. The maximum Gasteiger partial charge on any atom is 0.417 e. The molecule has 7 heteroatoms. The summed E-state index contributed by atoms with van der Waals surface area (Å²) in [4.78, 5) is 35.1. The Balaban J connectivity index is 4.60. The quantitative estimate of drug-likeness (QED) is 0.244. The van der Waals surface area contributed by atoms with Crippen LogP contribution in [-0.2, 0) is 14.3 Å². The van der Waals surface area contributed by atoms with Crippen molar-refractivity contribution < 1.29 is 29.3 Å². The number of carboxylic acids is 1. The predicted octanol–water partition coefficient (Wildman–Crippen LogP) is 2.72. The number of esters is 1. The zero-order valence-corrected chi connectivity index (χ0v) is 14.6. The van der Waals surface area contributed by atoms with Gasteiger partial charge in [-0.3, -0.25) is 0 Å². The lowest BCUT2D eigenvalue weighted by molar-refractivity contribution is -0.135. The molecule has 1 amide bonds. The fraction of sp³-hybridized carbons (Fsp3) is 0.706. The van der Waals surface area contributed by atoms with Crippen LogP contribution in [0.4, 0.5) is 4.79 Å². The molecule has 0 heterocycles. The number of unbranched alkanes of at least 4 members (excludes halogenated alkanes) is 4. The summed E-state index contributed by atoms with van der Waals surface area (Å²) >= 11 is 0. The number of nitrogens with zero attached hydrogens (tertiary/aromatic N) is 1. The van der Waals surface area contributed by atoms with E-state index in [1.54, 1.807) is 0 Å². The molecule has 138 valence electrons. The van der Waals surface area contributed by atoms with Gasteiger partial charge in [0.1, 0.15) is 0 Å². The highest BCUT2D eigenvalue weighted by Crippen LogP contribution is 2.08. The van der Waals surface area contributed by atoms with Crippen LogP contribution in [0.2, 0.25) is 0 Å². The molecule has 0 radical (unpaired) electrons. The van der Waals surface area contributed by atoms with Gasteiger partial charge in [-0.2, -0.15) is 0 Å². The lowest BCUT2D eigenvalue weighted by Gasteiger charge is -2.24. The standard InChI is InChI=1S/C17H29NO6/c1-3-5-7-8-12-18(13-14(19)9-6-4-2)17(23)24-16(22)11-10-15(20)21/h10-11,14,19H,3-9,12-13H2,1-2H3,(H,20,21). The van der Waals surface area contributed by atoms with Gasteiger partial charge in [0.05, 0.1) is 6.10 Å². The Morgan fingerprint density at radius 2 is 1.71 bits per heavy atom. The molecular formula is C17H29NO6. The van der Waals surface area contributed by atoms with Crippen molar-refractivity contribution in [2.24, 2.45) is 0 Å². The van der Waals surface area contributed by atoms with Crippen molar-refractivity contribution in [1.82, 2.24) is 4.90 Å². The van der Waals surface area contributed by atoms with E-state index in [9.17, 15) is 19.5 Å². The largest absolute Gasteiger partial charge is 0.478 e. The molecule has 0 rings (SSSR count). The molecule has 0 bridgehead atoms. The summed E-state index contributed by atoms with van der Waals surface area (Å²) in [6.45, 7) is 4.57. The van der Waals surface area contributed by atoms with Crippen molar-refractivity contribution in [2.45, 2.75) is 64.9 Å². The Morgan fingerprint density at radius 3 is 2.29 bits per heavy atom. The molecule has 0 spiro atoms. The molecule has 0 aromatic rings. The second kappa shape index (κ2) is 13.5. The highest BCUT2D eigenvalue weighted by Gasteiger charge is 2.20. The van der Waals surface area contributed by atoms with E-state index in [0.29, 0.717) is 25.1 Å². The van der Waals surface area contributed by atoms with Crippen molar-refractivity contribution in [2.75, 3.05) is 13.1 Å². The highest BCUT2D eigenvalue weighted by molar-refractivity contribution is 5.95. The smallest absolute Gasteiger partial charge is 0.417 e. The van der Waals surface area contributed by atoms with Crippen molar-refractivity contribution in [1.29, 1.82) is 0 Å². The lowest BCUT2D eigenvalue weighted by atomic mass is 10.1. The molecule has 0 aromatic heterocycles. The van der Waals surface area contributed by atoms with Crippen LogP contribution in [-0.4, -0.2) is 52.3 Å². The monoisotopic (exact) mass is 343 g/mol. The average molecular weight is 343 g/mol. The summed E-state index contributed by atoms with van der Waals surface area (Å²) in [6, 6.07) is 0. The van der Waals surface area contributed by atoms with Crippen LogP contribution < -0.4 is 0 Å². The van der Waals surface area contributed by atoms with Gasteiger partial charge in [0, 0.05) is 25.2 Å². The SMILES string of the molecule is CCCCCCN(CC(O)CCCC)C(=O)OC(=O)C=CC(=O)O. The first kappa shape index (κ1) is 22.1. The molecule has 1 atom stereocenters.